The third-order valence-corrected chi connectivity index (χ3v) is 2.02. The first-order valence-electron chi connectivity index (χ1n) is 4.99. The number of allylic oxidation sites excluding steroid dienone is 3. The van der Waals surface area contributed by atoms with E-state index < -0.39 is 0 Å². The van der Waals surface area contributed by atoms with Crippen LogP contribution in [0.15, 0.2) is 28.8 Å². The van der Waals surface area contributed by atoms with Gasteiger partial charge in [-0.1, -0.05) is 31.9 Å². The molecule has 0 saturated carbocycles. The minimum absolute atomic E-state index is 1.13. The van der Waals surface area contributed by atoms with Crippen LogP contribution in [0.5, 0.6) is 0 Å². The molecule has 0 aliphatic heterocycles. The maximum Gasteiger partial charge on any atom is 0.0277 e. The lowest BCUT2D eigenvalue weighted by Gasteiger charge is -2.04. The smallest absolute Gasteiger partial charge is 0.0277 e. The minimum atomic E-state index is 1.13. The van der Waals surface area contributed by atoms with E-state index in [-0.39, 0.29) is 0 Å². The van der Waals surface area contributed by atoms with E-state index in [9.17, 15) is 0 Å². The molecule has 0 N–H and O–H groups in total. The molecule has 0 atom stereocenters. The summed E-state index contributed by atoms with van der Waals surface area (Å²) < 4.78 is 0. The Kier molecular flexibility index (Phi) is 7.27. The van der Waals surface area contributed by atoms with Crippen molar-refractivity contribution in [1.29, 1.82) is 0 Å². The van der Waals surface area contributed by atoms with E-state index in [4.69, 9.17) is 0 Å². The van der Waals surface area contributed by atoms with Crippen molar-refractivity contribution in [3.63, 3.8) is 0 Å². The van der Waals surface area contributed by atoms with Gasteiger partial charge in [-0.3, -0.25) is 4.99 Å². The second kappa shape index (κ2) is 7.78. The summed E-state index contributed by atoms with van der Waals surface area (Å²) in [5.74, 6) is 0. The first-order valence-corrected chi connectivity index (χ1v) is 4.99. The van der Waals surface area contributed by atoms with Crippen LogP contribution in [0.2, 0.25) is 0 Å². The zero-order valence-electron chi connectivity index (χ0n) is 9.14. The number of hydrogen-bond acceptors (Lipinski definition) is 1. The van der Waals surface area contributed by atoms with Gasteiger partial charge in [0.15, 0.2) is 0 Å². The van der Waals surface area contributed by atoms with Crippen molar-refractivity contribution in [1.82, 2.24) is 0 Å². The van der Waals surface area contributed by atoms with Crippen LogP contribution in [0.4, 0.5) is 0 Å². The Hall–Kier alpha value is -0.850. The molecule has 1 heteroatoms. The second-order valence-electron chi connectivity index (χ2n) is 3.34. The van der Waals surface area contributed by atoms with E-state index in [1.54, 1.807) is 7.05 Å². The van der Waals surface area contributed by atoms with Crippen molar-refractivity contribution in [2.45, 2.75) is 39.5 Å². The Morgan fingerprint density at radius 1 is 1.38 bits per heavy atom. The van der Waals surface area contributed by atoms with Crippen LogP contribution in [-0.2, 0) is 0 Å². The zero-order chi connectivity index (χ0) is 10.1. The van der Waals surface area contributed by atoms with E-state index in [2.05, 4.69) is 31.5 Å². The van der Waals surface area contributed by atoms with Gasteiger partial charge in [0.25, 0.3) is 0 Å². The molecule has 0 fully saturated rings. The predicted molar refractivity (Wildman–Crippen MR) is 61.5 cm³/mol. The van der Waals surface area contributed by atoms with Gasteiger partial charge in [-0.2, -0.15) is 0 Å². The van der Waals surface area contributed by atoms with Crippen molar-refractivity contribution < 1.29 is 0 Å². The number of rotatable bonds is 6. The second-order valence-corrected chi connectivity index (χ2v) is 3.34. The Bertz CT molecular complexity index is 199. The van der Waals surface area contributed by atoms with Crippen molar-refractivity contribution in [3.8, 4) is 0 Å². The standard InChI is InChI=1S/C12H21N/c1-5-6-7-8-12(11(2)3)9-10-13-4/h9-10H,2,5-8H2,1,3-4H3/b12-9-,13-10?. The molecule has 0 aromatic carbocycles. The SMILES string of the molecule is C=C(C)/C(=C\C=NC)CCCCC. The quantitative estimate of drug-likeness (QED) is 0.334. The van der Waals surface area contributed by atoms with Crippen LogP contribution in [0, 0.1) is 0 Å². The summed E-state index contributed by atoms with van der Waals surface area (Å²) in [5, 5.41) is 0. The minimum Gasteiger partial charge on any atom is -0.297 e. The lowest BCUT2D eigenvalue weighted by atomic mass is 10.0. The van der Waals surface area contributed by atoms with Gasteiger partial charge in [0.2, 0.25) is 0 Å². The predicted octanol–water partition coefficient (Wildman–Crippen LogP) is 3.77. The number of unbranched alkanes of at least 4 members (excludes halogenated alkanes) is 2. The summed E-state index contributed by atoms with van der Waals surface area (Å²) >= 11 is 0. The van der Waals surface area contributed by atoms with E-state index in [1.807, 2.05) is 6.21 Å². The molecular weight excluding hydrogens is 158 g/mol. The van der Waals surface area contributed by atoms with Crippen molar-refractivity contribution in [2.75, 3.05) is 7.05 Å². The van der Waals surface area contributed by atoms with Gasteiger partial charge in [0.1, 0.15) is 0 Å². The first-order chi connectivity index (χ1) is 6.22. The van der Waals surface area contributed by atoms with Gasteiger partial charge >= 0.3 is 0 Å². The molecule has 1 nitrogen and oxygen atoms in total. The van der Waals surface area contributed by atoms with Crippen molar-refractivity contribution >= 4 is 6.21 Å². The van der Waals surface area contributed by atoms with Gasteiger partial charge in [-0.25, -0.2) is 0 Å². The van der Waals surface area contributed by atoms with Gasteiger partial charge in [-0.05, 0) is 31.4 Å². The highest BCUT2D eigenvalue weighted by molar-refractivity contribution is 5.73. The maximum atomic E-state index is 3.96. The highest BCUT2D eigenvalue weighted by Gasteiger charge is 1.96. The number of aliphatic imine (C=N–C) groups is 1. The van der Waals surface area contributed by atoms with Crippen molar-refractivity contribution in [2.24, 2.45) is 4.99 Å². The number of hydrogen-bond donors (Lipinski definition) is 0. The third kappa shape index (κ3) is 6.32. The molecule has 0 aromatic heterocycles. The molecule has 0 unspecified atom stereocenters. The van der Waals surface area contributed by atoms with Gasteiger partial charge in [0, 0.05) is 13.3 Å². The lowest BCUT2D eigenvalue weighted by molar-refractivity contribution is 0.716. The average molecular weight is 179 g/mol. The Morgan fingerprint density at radius 2 is 2.08 bits per heavy atom. The summed E-state index contributed by atoms with van der Waals surface area (Å²) in [5.41, 5.74) is 2.50. The molecule has 0 bridgehead atoms. The fourth-order valence-corrected chi connectivity index (χ4v) is 1.17. The van der Waals surface area contributed by atoms with E-state index in [1.165, 1.54) is 24.8 Å². The molecule has 0 spiro atoms. The topological polar surface area (TPSA) is 12.4 Å². The highest BCUT2D eigenvalue weighted by Crippen LogP contribution is 2.15. The third-order valence-electron chi connectivity index (χ3n) is 2.02. The molecule has 0 aliphatic rings. The zero-order valence-corrected chi connectivity index (χ0v) is 9.14. The van der Waals surface area contributed by atoms with Crippen LogP contribution < -0.4 is 0 Å². The van der Waals surface area contributed by atoms with Gasteiger partial charge in [0.05, 0.1) is 0 Å². The Morgan fingerprint density at radius 3 is 2.54 bits per heavy atom. The Labute approximate surface area is 82.3 Å². The van der Waals surface area contributed by atoms with Crippen molar-refractivity contribution in [3.05, 3.63) is 23.8 Å². The van der Waals surface area contributed by atoms with Gasteiger partial charge in [-0.15, -0.1) is 0 Å². The van der Waals surface area contributed by atoms with Crippen LogP contribution in [-0.4, -0.2) is 13.3 Å². The normalized spacial score (nSPS) is 12.4. The first kappa shape index (κ1) is 12.2. The molecule has 0 aromatic rings. The lowest BCUT2D eigenvalue weighted by Crippen LogP contribution is -1.86. The molecule has 0 radical (unpaired) electrons. The molecule has 74 valence electrons. The fraction of sp³-hybridized carbons (Fsp3) is 0.583. The summed E-state index contributed by atoms with van der Waals surface area (Å²) in [7, 11) is 1.79. The Balaban J connectivity index is 4.03. The fourth-order valence-electron chi connectivity index (χ4n) is 1.17. The molecule has 0 heterocycles. The summed E-state index contributed by atoms with van der Waals surface area (Å²) in [6.07, 6.45) is 8.87. The van der Waals surface area contributed by atoms with Crippen LogP contribution in [0.3, 0.4) is 0 Å². The molecular formula is C12H21N. The molecule has 0 saturated heterocycles. The van der Waals surface area contributed by atoms with E-state index in [0.717, 1.165) is 12.0 Å². The maximum absolute atomic E-state index is 3.96. The average Bonchev–Trinajstić information content (AvgIpc) is 2.10. The van der Waals surface area contributed by atoms with Crippen LogP contribution in [0.1, 0.15) is 39.5 Å². The summed E-state index contributed by atoms with van der Waals surface area (Å²) in [4.78, 5) is 3.94. The highest BCUT2D eigenvalue weighted by atomic mass is 14.6. The molecule has 0 amide bonds. The van der Waals surface area contributed by atoms with Crippen LogP contribution >= 0.6 is 0 Å². The monoisotopic (exact) mass is 179 g/mol. The number of nitrogens with zero attached hydrogens (tertiary/aromatic N) is 1. The molecule has 13 heavy (non-hydrogen) atoms. The summed E-state index contributed by atoms with van der Waals surface area (Å²) in [6.45, 7) is 8.23. The van der Waals surface area contributed by atoms with Gasteiger partial charge < -0.3 is 0 Å². The molecule has 0 aliphatic carbocycles. The van der Waals surface area contributed by atoms with E-state index in [0.29, 0.717) is 0 Å². The van der Waals surface area contributed by atoms with E-state index >= 15 is 0 Å². The molecule has 0 rings (SSSR count). The van der Waals surface area contributed by atoms with Crippen LogP contribution in [0.25, 0.3) is 0 Å². The largest absolute Gasteiger partial charge is 0.297 e. The summed E-state index contributed by atoms with van der Waals surface area (Å²) in [6, 6.07) is 0.